The first-order valence-corrected chi connectivity index (χ1v) is 16.0. The van der Waals surface area contributed by atoms with Crippen molar-refractivity contribution in [3.8, 4) is 0 Å². The first-order chi connectivity index (χ1) is 23.7. The van der Waals surface area contributed by atoms with Gasteiger partial charge in [0, 0.05) is 33.4 Å². The van der Waals surface area contributed by atoms with Crippen molar-refractivity contribution >= 4 is 0 Å². The monoisotopic (exact) mass is 666 g/mol. The summed E-state index contributed by atoms with van der Waals surface area (Å²) >= 11 is 0. The minimum Gasteiger partial charge on any atom is -0.340 e. The maximum Gasteiger partial charge on any atom is 0.154 e. The van der Waals surface area contributed by atoms with E-state index in [-0.39, 0.29) is 57.3 Å². The van der Waals surface area contributed by atoms with Crippen LogP contribution >= 0.6 is 0 Å². The van der Waals surface area contributed by atoms with Gasteiger partial charge in [0.2, 0.25) is 0 Å². The number of hydrogen-bond donors (Lipinski definition) is 0. The van der Waals surface area contributed by atoms with Crippen molar-refractivity contribution in [1.29, 1.82) is 0 Å². The Bertz CT molecular complexity index is 1880. The van der Waals surface area contributed by atoms with Crippen LogP contribution in [0, 0.1) is 34.9 Å². The van der Waals surface area contributed by atoms with Gasteiger partial charge in [-0.1, -0.05) is 123 Å². The Morgan fingerprint density at radius 3 is 0.898 bits per heavy atom. The highest BCUT2D eigenvalue weighted by atomic mass is 19.1. The second-order valence-electron chi connectivity index (χ2n) is 11.6. The van der Waals surface area contributed by atoms with Crippen molar-refractivity contribution < 1.29 is 31.1 Å². The molecule has 6 rings (SSSR count). The molecule has 248 valence electrons. The van der Waals surface area contributed by atoms with E-state index in [9.17, 15) is 0 Å². The summed E-state index contributed by atoms with van der Waals surface area (Å²) in [4.78, 5) is 0. The number of hydrogen-bond acceptors (Lipinski definition) is 1. The second-order valence-corrected chi connectivity index (χ2v) is 11.6. The Labute approximate surface area is 281 Å². The Morgan fingerprint density at radius 1 is 0.367 bits per heavy atom. The highest BCUT2D eigenvalue weighted by molar-refractivity contribution is 5.55. The molecule has 0 aliphatic heterocycles. The summed E-state index contributed by atoms with van der Waals surface area (Å²) in [6.45, 7) is 3.43. The molecule has 7 heteroatoms. The lowest BCUT2D eigenvalue weighted by Gasteiger charge is -2.46. The van der Waals surface area contributed by atoms with Gasteiger partial charge >= 0.3 is 0 Å². The van der Waals surface area contributed by atoms with E-state index in [0.717, 1.165) is 24.3 Å². The lowest BCUT2D eigenvalue weighted by Crippen LogP contribution is -2.47. The van der Waals surface area contributed by atoms with Gasteiger partial charge in [0.25, 0.3) is 0 Å². The number of rotatable bonds is 10. The van der Waals surface area contributed by atoms with Crippen molar-refractivity contribution in [2.24, 2.45) is 0 Å². The summed E-state index contributed by atoms with van der Waals surface area (Å²) in [7, 11) is 0. The molecule has 0 amide bonds. The zero-order valence-electron chi connectivity index (χ0n) is 26.8. The first kappa shape index (κ1) is 33.7. The molecular weight excluding hydrogens is 634 g/mol. The molecule has 0 spiro atoms. The molecule has 0 saturated heterocycles. The number of benzene rings is 6. The summed E-state index contributed by atoms with van der Waals surface area (Å²) in [6.07, 6.45) is 0.395. The van der Waals surface area contributed by atoms with E-state index in [4.69, 9.17) is 4.74 Å². The quantitative estimate of drug-likeness (QED) is 0.104. The maximum absolute atomic E-state index is 17.0. The van der Waals surface area contributed by atoms with Gasteiger partial charge in [0.1, 0.15) is 34.9 Å². The Kier molecular flexibility index (Phi) is 9.48. The predicted molar refractivity (Wildman–Crippen MR) is 178 cm³/mol. The van der Waals surface area contributed by atoms with Crippen LogP contribution in [0.25, 0.3) is 0 Å². The topological polar surface area (TPSA) is 9.23 Å². The van der Waals surface area contributed by atoms with Crippen molar-refractivity contribution in [3.63, 3.8) is 0 Å². The Hall–Kier alpha value is -5.14. The summed E-state index contributed by atoms with van der Waals surface area (Å²) in [5, 5.41) is 0. The molecule has 0 N–H and O–H groups in total. The Balaban J connectivity index is 1.92. The number of aryl methyl sites for hydroxylation is 2. The average molecular weight is 667 g/mol. The van der Waals surface area contributed by atoms with Gasteiger partial charge in [0.15, 0.2) is 11.2 Å². The van der Waals surface area contributed by atoms with Crippen LogP contribution in [-0.2, 0) is 28.8 Å². The second kappa shape index (κ2) is 13.8. The van der Waals surface area contributed by atoms with Gasteiger partial charge in [-0.05, 0) is 48.2 Å². The lowest BCUT2D eigenvalue weighted by molar-refractivity contribution is -0.0900. The van der Waals surface area contributed by atoms with Crippen LogP contribution in [0.4, 0.5) is 26.3 Å². The van der Waals surface area contributed by atoms with Gasteiger partial charge in [-0.15, -0.1) is 0 Å². The van der Waals surface area contributed by atoms with Crippen molar-refractivity contribution in [1.82, 2.24) is 0 Å². The SMILES string of the molecule is CCc1cccc(C(OC(c2ccccc2F)(c2ccccc2F)c2cccc(CC)c2F)(c2ccccc2F)c2ccccc2F)c1F. The van der Waals surface area contributed by atoms with Crippen LogP contribution in [0.3, 0.4) is 0 Å². The zero-order chi connectivity index (χ0) is 34.8. The maximum atomic E-state index is 17.0. The summed E-state index contributed by atoms with van der Waals surface area (Å²) in [6, 6.07) is 29.8. The molecule has 0 radical (unpaired) electrons. The molecule has 0 bridgehead atoms. The predicted octanol–water partition coefficient (Wildman–Crippen LogP) is 10.9. The van der Waals surface area contributed by atoms with E-state index < -0.39 is 46.1 Å². The van der Waals surface area contributed by atoms with Crippen molar-refractivity contribution in [2.45, 2.75) is 37.9 Å². The van der Waals surface area contributed by atoms with E-state index in [2.05, 4.69) is 0 Å². The molecule has 6 aromatic carbocycles. The smallest absolute Gasteiger partial charge is 0.154 e. The third-order valence-electron chi connectivity index (χ3n) is 9.00. The third-order valence-corrected chi connectivity index (χ3v) is 9.00. The largest absolute Gasteiger partial charge is 0.340 e. The van der Waals surface area contributed by atoms with Crippen LogP contribution in [-0.4, -0.2) is 0 Å². The molecule has 0 aliphatic rings. The molecule has 0 aliphatic carbocycles. The lowest BCUT2D eigenvalue weighted by atomic mass is 9.74. The fraction of sp³-hybridized carbons (Fsp3) is 0.143. The van der Waals surface area contributed by atoms with Gasteiger partial charge in [-0.2, -0.15) is 0 Å². The normalized spacial score (nSPS) is 11.9. The number of halogens is 6. The molecule has 49 heavy (non-hydrogen) atoms. The van der Waals surface area contributed by atoms with E-state index >= 15 is 26.3 Å². The summed E-state index contributed by atoms with van der Waals surface area (Å²) in [5.41, 5.74) is -6.99. The van der Waals surface area contributed by atoms with Crippen LogP contribution in [0.1, 0.15) is 58.4 Å². The third kappa shape index (κ3) is 5.62. The standard InChI is InChI=1S/C42H32F6O/c1-3-27-15-13-21-33(39(27)47)41(29-17-5-9-23-35(29)43,30-18-6-10-24-36(30)44)49-42(31-19-7-11-25-37(31)45,32-20-8-12-26-38(32)46)34-22-14-16-28(4-2)40(34)48/h5-26H,3-4H2,1-2H3. The fourth-order valence-corrected chi connectivity index (χ4v) is 6.67. The van der Waals surface area contributed by atoms with Crippen molar-refractivity contribution in [2.75, 3.05) is 0 Å². The molecular formula is C42H32F6O. The summed E-state index contributed by atoms with van der Waals surface area (Å²) in [5.74, 6) is -5.40. The molecule has 0 saturated carbocycles. The average Bonchev–Trinajstić information content (AvgIpc) is 3.11. The molecule has 0 atom stereocenters. The van der Waals surface area contributed by atoms with Gasteiger partial charge in [-0.3, -0.25) is 0 Å². The van der Waals surface area contributed by atoms with Crippen LogP contribution in [0.5, 0.6) is 0 Å². The molecule has 0 unspecified atom stereocenters. The van der Waals surface area contributed by atoms with E-state index in [1.54, 1.807) is 13.8 Å². The van der Waals surface area contributed by atoms with Gasteiger partial charge < -0.3 is 4.74 Å². The minimum absolute atomic E-state index is 0.194. The van der Waals surface area contributed by atoms with Crippen LogP contribution < -0.4 is 0 Å². The van der Waals surface area contributed by atoms with Crippen LogP contribution in [0.2, 0.25) is 0 Å². The van der Waals surface area contributed by atoms with Crippen molar-refractivity contribution in [3.05, 3.63) is 213 Å². The van der Waals surface area contributed by atoms with Crippen LogP contribution in [0.15, 0.2) is 133 Å². The Morgan fingerprint density at radius 2 is 0.633 bits per heavy atom. The molecule has 1 nitrogen and oxygen atoms in total. The highest BCUT2D eigenvalue weighted by Crippen LogP contribution is 2.54. The fourth-order valence-electron chi connectivity index (χ4n) is 6.67. The van der Waals surface area contributed by atoms with Gasteiger partial charge in [-0.25, -0.2) is 26.3 Å². The molecule has 0 fully saturated rings. The molecule has 0 aromatic heterocycles. The molecule has 0 heterocycles. The van der Waals surface area contributed by atoms with Gasteiger partial charge in [0.05, 0.1) is 0 Å². The number of ether oxygens (including phenoxy) is 1. The minimum atomic E-state index is -2.62. The zero-order valence-corrected chi connectivity index (χ0v) is 26.8. The first-order valence-electron chi connectivity index (χ1n) is 16.0. The van der Waals surface area contributed by atoms with E-state index in [1.165, 1.54) is 109 Å². The molecule has 6 aromatic rings. The summed E-state index contributed by atoms with van der Waals surface area (Å²) < 4.78 is 107. The van der Waals surface area contributed by atoms with E-state index in [1.807, 2.05) is 0 Å². The highest BCUT2D eigenvalue weighted by Gasteiger charge is 2.54. The van der Waals surface area contributed by atoms with E-state index in [0.29, 0.717) is 0 Å².